The molecule has 1 aliphatic rings. The number of hydrogen-bond donors (Lipinski definition) is 2. The van der Waals surface area contributed by atoms with Gasteiger partial charge in [0.25, 0.3) is 5.91 Å². The predicted octanol–water partition coefficient (Wildman–Crippen LogP) is 3.88. The number of nitrogens with one attached hydrogen (secondary N) is 2. The van der Waals surface area contributed by atoms with Crippen molar-refractivity contribution in [3.8, 4) is 0 Å². The van der Waals surface area contributed by atoms with Gasteiger partial charge in [-0.25, -0.2) is 0 Å². The SMILES string of the molecule is CC(=O)Nc1cc(C(=O)NCCN2CCC(c3ccccc3)C2)cc(C(F)(F)F)c1. The van der Waals surface area contributed by atoms with Crippen molar-refractivity contribution in [2.45, 2.75) is 25.4 Å². The monoisotopic (exact) mass is 419 g/mol. The van der Waals surface area contributed by atoms with E-state index in [2.05, 4.69) is 27.7 Å². The van der Waals surface area contributed by atoms with Crippen molar-refractivity contribution in [1.29, 1.82) is 0 Å². The molecule has 0 bridgehead atoms. The lowest BCUT2D eigenvalue weighted by Crippen LogP contribution is -2.34. The lowest BCUT2D eigenvalue weighted by atomic mass is 9.99. The summed E-state index contributed by atoms with van der Waals surface area (Å²) in [6.07, 6.45) is -3.59. The summed E-state index contributed by atoms with van der Waals surface area (Å²) in [5.74, 6) is -0.667. The Morgan fingerprint density at radius 1 is 1.13 bits per heavy atom. The van der Waals surface area contributed by atoms with Crippen LogP contribution in [0.25, 0.3) is 0 Å². The Morgan fingerprint density at radius 3 is 2.53 bits per heavy atom. The van der Waals surface area contributed by atoms with Crippen LogP contribution in [0.5, 0.6) is 0 Å². The molecule has 5 nitrogen and oxygen atoms in total. The van der Waals surface area contributed by atoms with Gasteiger partial charge in [-0.2, -0.15) is 13.2 Å². The Labute approximate surface area is 173 Å². The molecule has 0 aromatic heterocycles. The second-order valence-electron chi connectivity index (χ2n) is 7.43. The highest BCUT2D eigenvalue weighted by Crippen LogP contribution is 2.32. The molecule has 2 N–H and O–H groups in total. The molecule has 30 heavy (non-hydrogen) atoms. The highest BCUT2D eigenvalue weighted by atomic mass is 19.4. The number of carbonyl (C=O) groups excluding carboxylic acids is 2. The summed E-state index contributed by atoms with van der Waals surface area (Å²) in [7, 11) is 0. The van der Waals surface area contributed by atoms with Gasteiger partial charge in [0.1, 0.15) is 0 Å². The largest absolute Gasteiger partial charge is 0.416 e. The van der Waals surface area contributed by atoms with E-state index in [-0.39, 0.29) is 11.3 Å². The molecule has 1 unspecified atom stereocenters. The molecular weight excluding hydrogens is 395 g/mol. The maximum atomic E-state index is 13.1. The average molecular weight is 419 g/mol. The van der Waals surface area contributed by atoms with Gasteiger partial charge in [0, 0.05) is 37.8 Å². The van der Waals surface area contributed by atoms with Crippen LogP contribution in [0.1, 0.15) is 40.7 Å². The number of anilines is 1. The zero-order valence-electron chi connectivity index (χ0n) is 16.6. The van der Waals surface area contributed by atoms with Crippen LogP contribution in [0.15, 0.2) is 48.5 Å². The highest BCUT2D eigenvalue weighted by molar-refractivity contribution is 5.97. The molecule has 160 valence electrons. The lowest BCUT2D eigenvalue weighted by molar-refractivity contribution is -0.137. The minimum Gasteiger partial charge on any atom is -0.351 e. The zero-order chi connectivity index (χ0) is 21.7. The molecule has 1 saturated heterocycles. The fourth-order valence-corrected chi connectivity index (χ4v) is 3.66. The number of halogens is 3. The van der Waals surface area contributed by atoms with Crippen molar-refractivity contribution < 1.29 is 22.8 Å². The summed E-state index contributed by atoms with van der Waals surface area (Å²) in [5.41, 5.74) is 0.104. The molecular formula is C22H24F3N3O2. The van der Waals surface area contributed by atoms with E-state index in [1.807, 2.05) is 18.2 Å². The Bertz CT molecular complexity index is 900. The van der Waals surface area contributed by atoms with E-state index in [4.69, 9.17) is 0 Å². The van der Waals surface area contributed by atoms with E-state index < -0.39 is 23.6 Å². The summed E-state index contributed by atoms with van der Waals surface area (Å²) >= 11 is 0. The van der Waals surface area contributed by atoms with Crippen LogP contribution in [-0.2, 0) is 11.0 Å². The normalized spacial score (nSPS) is 17.0. The van der Waals surface area contributed by atoms with Gasteiger partial charge in [0.05, 0.1) is 5.56 Å². The quantitative estimate of drug-likeness (QED) is 0.747. The first-order valence-electron chi connectivity index (χ1n) is 9.78. The van der Waals surface area contributed by atoms with Crippen LogP contribution in [0.4, 0.5) is 18.9 Å². The van der Waals surface area contributed by atoms with Crippen LogP contribution in [-0.4, -0.2) is 42.9 Å². The van der Waals surface area contributed by atoms with Crippen molar-refractivity contribution in [3.05, 3.63) is 65.2 Å². The van der Waals surface area contributed by atoms with Gasteiger partial charge >= 0.3 is 6.18 Å². The third kappa shape index (κ3) is 5.82. The van der Waals surface area contributed by atoms with Gasteiger partial charge in [0.15, 0.2) is 0 Å². The molecule has 3 rings (SSSR count). The second-order valence-corrected chi connectivity index (χ2v) is 7.43. The number of likely N-dealkylation sites (tertiary alicyclic amines) is 1. The van der Waals surface area contributed by atoms with E-state index in [0.717, 1.165) is 31.6 Å². The molecule has 1 aliphatic heterocycles. The standard InChI is InChI=1S/C22H24F3N3O2/c1-15(29)27-20-12-18(11-19(13-20)22(23,24)25)21(30)26-8-10-28-9-7-17(14-28)16-5-3-2-4-6-16/h2-6,11-13,17H,7-10,14H2,1H3,(H,26,30)(H,27,29). The van der Waals surface area contributed by atoms with Crippen LogP contribution in [0, 0.1) is 0 Å². The first-order chi connectivity index (χ1) is 14.2. The smallest absolute Gasteiger partial charge is 0.351 e. The van der Waals surface area contributed by atoms with Crippen molar-refractivity contribution in [2.75, 3.05) is 31.5 Å². The van der Waals surface area contributed by atoms with Gasteiger partial charge in [-0.3, -0.25) is 9.59 Å². The maximum absolute atomic E-state index is 13.1. The van der Waals surface area contributed by atoms with Crippen molar-refractivity contribution in [2.24, 2.45) is 0 Å². The molecule has 2 aromatic carbocycles. The first-order valence-corrected chi connectivity index (χ1v) is 9.78. The van der Waals surface area contributed by atoms with Crippen LogP contribution >= 0.6 is 0 Å². The molecule has 8 heteroatoms. The fraction of sp³-hybridized carbons (Fsp3) is 0.364. The second kappa shape index (κ2) is 9.30. The molecule has 1 atom stereocenters. The Morgan fingerprint density at radius 2 is 1.87 bits per heavy atom. The average Bonchev–Trinajstić information content (AvgIpc) is 3.16. The minimum atomic E-state index is -4.62. The molecule has 0 saturated carbocycles. The van der Waals surface area contributed by atoms with E-state index in [9.17, 15) is 22.8 Å². The maximum Gasteiger partial charge on any atom is 0.416 e. The van der Waals surface area contributed by atoms with E-state index >= 15 is 0 Å². The first kappa shape index (κ1) is 21.8. The van der Waals surface area contributed by atoms with E-state index in [1.165, 1.54) is 18.6 Å². The number of amides is 2. The molecule has 0 aliphatic carbocycles. The van der Waals surface area contributed by atoms with Crippen molar-refractivity contribution in [1.82, 2.24) is 10.2 Å². The van der Waals surface area contributed by atoms with Gasteiger partial charge < -0.3 is 15.5 Å². The number of hydrogen-bond acceptors (Lipinski definition) is 3. The Balaban J connectivity index is 1.57. The number of carbonyl (C=O) groups is 2. The zero-order valence-corrected chi connectivity index (χ0v) is 16.6. The minimum absolute atomic E-state index is 0.0623. The molecule has 0 radical (unpaired) electrons. The summed E-state index contributed by atoms with van der Waals surface area (Å²) in [6, 6.07) is 13.1. The Hall–Kier alpha value is -2.87. The molecule has 1 fully saturated rings. The van der Waals surface area contributed by atoms with Crippen LogP contribution in [0.2, 0.25) is 0 Å². The third-order valence-corrected chi connectivity index (χ3v) is 5.10. The number of rotatable bonds is 6. The molecule has 0 spiro atoms. The summed E-state index contributed by atoms with van der Waals surface area (Å²) in [4.78, 5) is 25.8. The number of alkyl halides is 3. The third-order valence-electron chi connectivity index (χ3n) is 5.10. The summed E-state index contributed by atoms with van der Waals surface area (Å²) < 4.78 is 39.4. The summed E-state index contributed by atoms with van der Waals surface area (Å²) in [6.45, 7) is 3.93. The summed E-state index contributed by atoms with van der Waals surface area (Å²) in [5, 5.41) is 4.99. The fourth-order valence-electron chi connectivity index (χ4n) is 3.66. The van der Waals surface area contributed by atoms with E-state index in [1.54, 1.807) is 0 Å². The molecule has 1 heterocycles. The number of nitrogens with zero attached hydrogens (tertiary/aromatic N) is 1. The van der Waals surface area contributed by atoms with E-state index in [0.29, 0.717) is 19.0 Å². The Kier molecular flexibility index (Phi) is 6.77. The van der Waals surface area contributed by atoms with Crippen LogP contribution in [0.3, 0.4) is 0 Å². The molecule has 2 amide bonds. The van der Waals surface area contributed by atoms with Gasteiger partial charge in [-0.15, -0.1) is 0 Å². The van der Waals surface area contributed by atoms with Crippen LogP contribution < -0.4 is 10.6 Å². The topological polar surface area (TPSA) is 61.4 Å². The lowest BCUT2D eigenvalue weighted by Gasteiger charge is -2.17. The van der Waals surface area contributed by atoms with Gasteiger partial charge in [-0.05, 0) is 42.6 Å². The predicted molar refractivity (Wildman–Crippen MR) is 108 cm³/mol. The molecule has 2 aromatic rings. The highest BCUT2D eigenvalue weighted by Gasteiger charge is 2.32. The van der Waals surface area contributed by atoms with Gasteiger partial charge in [-0.1, -0.05) is 30.3 Å². The van der Waals surface area contributed by atoms with Crippen molar-refractivity contribution >= 4 is 17.5 Å². The number of benzene rings is 2. The van der Waals surface area contributed by atoms with Gasteiger partial charge in [0.2, 0.25) is 5.91 Å². The van der Waals surface area contributed by atoms with Crippen molar-refractivity contribution in [3.63, 3.8) is 0 Å².